The summed E-state index contributed by atoms with van der Waals surface area (Å²) in [6.07, 6.45) is 17.2. The van der Waals surface area contributed by atoms with Gasteiger partial charge in [0, 0.05) is 6.61 Å². The first kappa shape index (κ1) is 25.3. The number of rotatable bonds is 5. The van der Waals surface area contributed by atoms with Gasteiger partial charge in [0.25, 0.3) is 0 Å². The Balaban J connectivity index is 0.000000858. The van der Waals surface area contributed by atoms with Crippen molar-refractivity contribution >= 4 is 0 Å². The maximum Gasteiger partial charge on any atom is 0.0577 e. The predicted molar refractivity (Wildman–Crippen MR) is 132 cm³/mol. The molecule has 2 nitrogen and oxygen atoms in total. The number of hydrogen-bond donors (Lipinski definition) is 2. The molecule has 0 saturated heterocycles. The van der Waals surface area contributed by atoms with Gasteiger partial charge in [-0.3, -0.25) is 0 Å². The maximum absolute atomic E-state index is 10.2. The van der Waals surface area contributed by atoms with Crippen LogP contribution in [0.15, 0.2) is 11.6 Å². The Morgan fingerprint density at radius 1 is 1.00 bits per heavy atom. The minimum absolute atomic E-state index is 0.0766. The summed E-state index contributed by atoms with van der Waals surface area (Å²) in [4.78, 5) is 0. The summed E-state index contributed by atoms with van der Waals surface area (Å²) in [5, 5.41) is 17.8. The van der Waals surface area contributed by atoms with Crippen molar-refractivity contribution in [1.82, 2.24) is 0 Å². The molecule has 2 heteroatoms. The van der Waals surface area contributed by atoms with E-state index in [9.17, 15) is 5.11 Å². The molecule has 0 aliphatic heterocycles. The lowest BCUT2D eigenvalue weighted by molar-refractivity contribution is -0.0573. The van der Waals surface area contributed by atoms with Crippen LogP contribution in [0.1, 0.15) is 112 Å². The van der Waals surface area contributed by atoms with Crippen molar-refractivity contribution in [2.75, 3.05) is 6.61 Å². The third kappa shape index (κ3) is 4.96. The van der Waals surface area contributed by atoms with Crippen LogP contribution in [0.2, 0.25) is 0 Å². The zero-order chi connectivity index (χ0) is 22.8. The van der Waals surface area contributed by atoms with Crippen molar-refractivity contribution < 1.29 is 10.2 Å². The number of fused-ring (bicyclic) bond motifs is 5. The zero-order valence-corrected chi connectivity index (χ0v) is 21.5. The second kappa shape index (κ2) is 10.3. The first-order chi connectivity index (χ1) is 14.7. The molecule has 1 unspecified atom stereocenters. The Kier molecular flexibility index (Phi) is 8.39. The van der Waals surface area contributed by atoms with Crippen molar-refractivity contribution in [3.05, 3.63) is 11.6 Å². The van der Waals surface area contributed by atoms with Gasteiger partial charge in [-0.2, -0.15) is 0 Å². The number of aliphatic hydroxyl groups is 2. The lowest BCUT2D eigenvalue weighted by atomic mass is 9.47. The van der Waals surface area contributed by atoms with E-state index in [0.29, 0.717) is 10.8 Å². The highest BCUT2D eigenvalue weighted by Gasteiger charge is 2.59. The van der Waals surface area contributed by atoms with Crippen LogP contribution < -0.4 is 0 Å². The van der Waals surface area contributed by atoms with Crippen molar-refractivity contribution in [2.45, 2.75) is 118 Å². The number of aliphatic hydroxyl groups excluding tert-OH is 2. The summed E-state index contributed by atoms with van der Waals surface area (Å²) in [6, 6.07) is 0. The average Bonchev–Trinajstić information content (AvgIpc) is 3.06. The van der Waals surface area contributed by atoms with Crippen LogP contribution in [-0.4, -0.2) is 22.9 Å². The van der Waals surface area contributed by atoms with Gasteiger partial charge < -0.3 is 10.2 Å². The maximum atomic E-state index is 10.2. The molecule has 4 aliphatic carbocycles. The molecule has 0 amide bonds. The van der Waals surface area contributed by atoms with Crippen molar-refractivity contribution in [3.8, 4) is 0 Å². The molecular formula is C29H52O2. The van der Waals surface area contributed by atoms with Crippen LogP contribution in [0.4, 0.5) is 0 Å². The fourth-order valence-electron chi connectivity index (χ4n) is 8.67. The molecule has 2 N–H and O–H groups in total. The molecule has 8 atom stereocenters. The number of allylic oxidation sites excluding steroid dienone is 1. The molecule has 0 aromatic rings. The molecule has 0 aromatic carbocycles. The van der Waals surface area contributed by atoms with Crippen molar-refractivity contribution in [3.63, 3.8) is 0 Å². The Morgan fingerprint density at radius 3 is 2.39 bits per heavy atom. The van der Waals surface area contributed by atoms with E-state index in [4.69, 9.17) is 5.11 Å². The fourth-order valence-corrected chi connectivity index (χ4v) is 8.67. The quantitative estimate of drug-likeness (QED) is 0.445. The molecule has 0 aromatic heterocycles. The molecule has 180 valence electrons. The van der Waals surface area contributed by atoms with E-state index in [0.717, 1.165) is 48.3 Å². The summed E-state index contributed by atoms with van der Waals surface area (Å²) in [5.74, 6) is 5.46. The smallest absolute Gasteiger partial charge is 0.0577 e. The molecule has 31 heavy (non-hydrogen) atoms. The van der Waals surface area contributed by atoms with Crippen LogP contribution in [-0.2, 0) is 0 Å². The standard InChI is InChI=1S/C27H46O.C2H6O/c1-18(2)7-6-8-19(3)23-11-12-24-22-10-9-20-17-21(28)13-15-26(20,4)25(22)14-16-27(23,24)5;1-2-3/h9,18-19,21-25,28H,6-8,10-17H2,1-5H3;3H,2H2,1H3/t19?,21-,22-,23+,24-,25-,26-,27+;/m0./s1. The third-order valence-electron chi connectivity index (χ3n) is 10.3. The van der Waals surface area contributed by atoms with Gasteiger partial charge in [-0.25, -0.2) is 0 Å². The topological polar surface area (TPSA) is 40.5 Å². The highest BCUT2D eigenvalue weighted by atomic mass is 16.3. The van der Waals surface area contributed by atoms with Gasteiger partial charge in [0.1, 0.15) is 0 Å². The lowest BCUT2D eigenvalue weighted by Gasteiger charge is -2.58. The Morgan fingerprint density at radius 2 is 1.71 bits per heavy atom. The molecule has 4 rings (SSSR count). The van der Waals surface area contributed by atoms with E-state index in [1.165, 1.54) is 57.8 Å². The molecule has 3 fully saturated rings. The van der Waals surface area contributed by atoms with Gasteiger partial charge in [-0.1, -0.05) is 65.5 Å². The first-order valence-electron chi connectivity index (χ1n) is 13.7. The SMILES string of the molecule is CC(C)CCCC(C)[C@H]1CC[C@H]2[C@@H]3CC=C4C[C@@H](O)CC[C@]4(C)[C@H]3CC[C@]12C.CCO. The zero-order valence-electron chi connectivity index (χ0n) is 21.5. The van der Waals surface area contributed by atoms with Crippen LogP contribution >= 0.6 is 0 Å². The van der Waals surface area contributed by atoms with E-state index < -0.39 is 0 Å². The third-order valence-corrected chi connectivity index (χ3v) is 10.3. The second-order valence-electron chi connectivity index (χ2n) is 12.5. The predicted octanol–water partition coefficient (Wildman–Crippen LogP) is 7.39. The minimum atomic E-state index is -0.0766. The molecule has 4 aliphatic rings. The monoisotopic (exact) mass is 432 g/mol. The van der Waals surface area contributed by atoms with Crippen LogP contribution in [0.5, 0.6) is 0 Å². The van der Waals surface area contributed by atoms with E-state index in [2.05, 4.69) is 40.7 Å². The largest absolute Gasteiger partial charge is 0.397 e. The Labute approximate surface area is 193 Å². The van der Waals surface area contributed by atoms with Gasteiger partial charge in [0.2, 0.25) is 0 Å². The van der Waals surface area contributed by atoms with Crippen LogP contribution in [0.25, 0.3) is 0 Å². The van der Waals surface area contributed by atoms with Crippen LogP contribution in [0, 0.1) is 46.3 Å². The van der Waals surface area contributed by atoms with Gasteiger partial charge in [-0.05, 0) is 105 Å². The number of hydrogen-bond acceptors (Lipinski definition) is 2. The van der Waals surface area contributed by atoms with Gasteiger partial charge in [0.05, 0.1) is 6.10 Å². The highest BCUT2D eigenvalue weighted by Crippen LogP contribution is 2.67. The average molecular weight is 433 g/mol. The fraction of sp³-hybridized carbons (Fsp3) is 0.931. The van der Waals surface area contributed by atoms with Crippen molar-refractivity contribution in [1.29, 1.82) is 0 Å². The molecule has 0 spiro atoms. The highest BCUT2D eigenvalue weighted by molar-refractivity contribution is 5.25. The first-order valence-corrected chi connectivity index (χ1v) is 13.7. The van der Waals surface area contributed by atoms with E-state index in [1.54, 1.807) is 12.5 Å². The van der Waals surface area contributed by atoms with Gasteiger partial charge in [0.15, 0.2) is 0 Å². The minimum Gasteiger partial charge on any atom is -0.397 e. The molecule has 3 saturated carbocycles. The summed E-state index contributed by atoms with van der Waals surface area (Å²) in [6.45, 7) is 14.5. The normalized spacial score (nSPS) is 42.6. The second-order valence-corrected chi connectivity index (χ2v) is 12.5. The molecule has 0 heterocycles. The molecule has 0 radical (unpaired) electrons. The van der Waals surface area contributed by atoms with E-state index in [1.807, 2.05) is 0 Å². The lowest BCUT2D eigenvalue weighted by Crippen LogP contribution is -2.50. The summed E-state index contributed by atoms with van der Waals surface area (Å²) in [5.41, 5.74) is 2.60. The van der Waals surface area contributed by atoms with Gasteiger partial charge >= 0.3 is 0 Å². The summed E-state index contributed by atoms with van der Waals surface area (Å²) < 4.78 is 0. The van der Waals surface area contributed by atoms with Crippen molar-refractivity contribution in [2.24, 2.45) is 46.3 Å². The molecular weight excluding hydrogens is 380 g/mol. The summed E-state index contributed by atoms with van der Waals surface area (Å²) in [7, 11) is 0. The molecule has 0 bridgehead atoms. The van der Waals surface area contributed by atoms with E-state index in [-0.39, 0.29) is 12.7 Å². The van der Waals surface area contributed by atoms with E-state index >= 15 is 0 Å². The van der Waals surface area contributed by atoms with Gasteiger partial charge in [-0.15, -0.1) is 0 Å². The summed E-state index contributed by atoms with van der Waals surface area (Å²) >= 11 is 0. The Hall–Kier alpha value is -0.340. The Bertz CT molecular complexity index is 610. The van der Waals surface area contributed by atoms with Crippen LogP contribution in [0.3, 0.4) is 0 Å².